The Morgan fingerprint density at radius 3 is 2.50 bits per heavy atom. The van der Waals surface area contributed by atoms with Gasteiger partial charge in [-0.05, 0) is 52.3 Å². The highest BCUT2D eigenvalue weighted by atomic mass is 35.5. The van der Waals surface area contributed by atoms with E-state index in [-0.39, 0.29) is 21.4 Å². The molecule has 0 radical (unpaired) electrons. The first-order valence-electron chi connectivity index (χ1n) is 8.63. The number of nitrogens with zero attached hydrogens (tertiary/aromatic N) is 3. The summed E-state index contributed by atoms with van der Waals surface area (Å²) in [6.45, 7) is 3.60. The van der Waals surface area contributed by atoms with E-state index in [1.807, 2.05) is 26.0 Å². The van der Waals surface area contributed by atoms with E-state index < -0.39 is 10.0 Å². The van der Waals surface area contributed by atoms with Crippen molar-refractivity contribution in [1.82, 2.24) is 19.4 Å². The van der Waals surface area contributed by atoms with Crippen LogP contribution in [0.1, 0.15) is 16.8 Å². The van der Waals surface area contributed by atoms with Gasteiger partial charge in [-0.25, -0.2) is 8.42 Å². The topological polar surface area (TPSA) is 73.0 Å². The Bertz CT molecular complexity index is 732. The highest BCUT2D eigenvalue weighted by molar-refractivity contribution is 7.89. The lowest BCUT2D eigenvalue weighted by molar-refractivity contribution is 0.0952. The zero-order chi connectivity index (χ0) is 19.3. The van der Waals surface area contributed by atoms with E-state index in [1.54, 1.807) is 0 Å². The fourth-order valence-electron chi connectivity index (χ4n) is 2.71. The number of nitrogens with one attached hydrogen (secondary N) is 1. The number of halogens is 1. The molecule has 0 spiro atoms. The molecular formula is C17H27ClN4O3S. The zero-order valence-electron chi connectivity index (χ0n) is 15.5. The number of hydrogen-bond acceptors (Lipinski definition) is 5. The molecule has 1 aromatic carbocycles. The third-order valence-corrected chi connectivity index (χ3v) is 6.57. The molecule has 1 heterocycles. The molecule has 146 valence electrons. The molecule has 26 heavy (non-hydrogen) atoms. The minimum Gasteiger partial charge on any atom is -0.352 e. The molecule has 1 fully saturated rings. The fourth-order valence-corrected chi connectivity index (χ4v) is 4.36. The van der Waals surface area contributed by atoms with Gasteiger partial charge in [0.05, 0.1) is 15.5 Å². The van der Waals surface area contributed by atoms with Crippen LogP contribution in [-0.4, -0.2) is 88.8 Å². The summed E-state index contributed by atoms with van der Waals surface area (Å²) < 4.78 is 27.1. The molecular weight excluding hydrogens is 376 g/mol. The number of carbonyl (C=O) groups is 1. The normalized spacial score (nSPS) is 16.8. The summed E-state index contributed by atoms with van der Waals surface area (Å²) in [5, 5.41) is 3.04. The van der Waals surface area contributed by atoms with Crippen LogP contribution in [0, 0.1) is 0 Å². The SMILES string of the molecule is CN(C)CCCNC(=O)c1cc(S(=O)(=O)N2CCN(C)CC2)ccc1Cl. The van der Waals surface area contributed by atoms with Crippen LogP contribution in [0.2, 0.25) is 5.02 Å². The molecule has 0 aliphatic carbocycles. The Morgan fingerprint density at radius 1 is 1.23 bits per heavy atom. The quantitative estimate of drug-likeness (QED) is 0.688. The third-order valence-electron chi connectivity index (χ3n) is 4.35. The number of likely N-dealkylation sites (N-methyl/N-ethyl adjacent to an activating group) is 1. The van der Waals surface area contributed by atoms with Gasteiger partial charge in [-0.15, -0.1) is 0 Å². The molecule has 1 saturated heterocycles. The van der Waals surface area contributed by atoms with Crippen LogP contribution >= 0.6 is 11.6 Å². The molecule has 1 N–H and O–H groups in total. The minimum absolute atomic E-state index is 0.102. The Morgan fingerprint density at radius 2 is 1.88 bits per heavy atom. The highest BCUT2D eigenvalue weighted by Crippen LogP contribution is 2.23. The highest BCUT2D eigenvalue weighted by Gasteiger charge is 2.28. The van der Waals surface area contributed by atoms with Crippen molar-refractivity contribution in [3.63, 3.8) is 0 Å². The van der Waals surface area contributed by atoms with E-state index in [9.17, 15) is 13.2 Å². The average molecular weight is 403 g/mol. The zero-order valence-corrected chi connectivity index (χ0v) is 17.1. The molecule has 1 aliphatic rings. The van der Waals surface area contributed by atoms with Gasteiger partial charge in [0, 0.05) is 32.7 Å². The fraction of sp³-hybridized carbons (Fsp3) is 0.588. The van der Waals surface area contributed by atoms with Crippen LogP contribution in [0.25, 0.3) is 0 Å². The molecule has 0 atom stereocenters. The van der Waals surface area contributed by atoms with E-state index in [0.29, 0.717) is 32.7 Å². The second-order valence-electron chi connectivity index (χ2n) is 6.76. The summed E-state index contributed by atoms with van der Waals surface area (Å²) in [5.41, 5.74) is 0.187. The number of hydrogen-bond donors (Lipinski definition) is 1. The Balaban J connectivity index is 2.12. The third kappa shape index (κ3) is 5.40. The molecule has 1 amide bonds. The molecule has 0 saturated carbocycles. The summed E-state index contributed by atoms with van der Waals surface area (Å²) >= 11 is 6.13. The first kappa shape index (κ1) is 21.1. The smallest absolute Gasteiger partial charge is 0.252 e. The lowest BCUT2D eigenvalue weighted by Gasteiger charge is -2.31. The molecule has 1 aliphatic heterocycles. The van der Waals surface area contributed by atoms with Crippen LogP contribution in [0.15, 0.2) is 23.1 Å². The van der Waals surface area contributed by atoms with Crippen LogP contribution in [0.4, 0.5) is 0 Å². The van der Waals surface area contributed by atoms with Crippen molar-refractivity contribution in [3.05, 3.63) is 28.8 Å². The van der Waals surface area contributed by atoms with Crippen LogP contribution < -0.4 is 5.32 Å². The largest absolute Gasteiger partial charge is 0.352 e. The van der Waals surface area contributed by atoms with E-state index in [0.717, 1.165) is 13.0 Å². The lowest BCUT2D eigenvalue weighted by atomic mass is 10.2. The molecule has 9 heteroatoms. The Hall–Kier alpha value is -1.19. The first-order chi connectivity index (χ1) is 12.2. The molecule has 7 nitrogen and oxygen atoms in total. The van der Waals surface area contributed by atoms with Crippen molar-refractivity contribution in [2.75, 3.05) is 60.4 Å². The van der Waals surface area contributed by atoms with Crippen molar-refractivity contribution in [2.24, 2.45) is 0 Å². The van der Waals surface area contributed by atoms with Gasteiger partial charge in [0.25, 0.3) is 5.91 Å². The Kier molecular flexibility index (Phi) is 7.42. The van der Waals surface area contributed by atoms with Crippen LogP contribution in [0.3, 0.4) is 0 Å². The maximum Gasteiger partial charge on any atom is 0.252 e. The van der Waals surface area contributed by atoms with Crippen molar-refractivity contribution in [2.45, 2.75) is 11.3 Å². The van der Waals surface area contributed by atoms with Crippen molar-refractivity contribution < 1.29 is 13.2 Å². The predicted octanol–water partition coefficient (Wildman–Crippen LogP) is 0.958. The van der Waals surface area contributed by atoms with Gasteiger partial charge in [0.15, 0.2) is 0 Å². The second kappa shape index (κ2) is 9.14. The van der Waals surface area contributed by atoms with Crippen LogP contribution in [-0.2, 0) is 10.0 Å². The first-order valence-corrected chi connectivity index (χ1v) is 10.4. The molecule has 2 rings (SSSR count). The maximum atomic E-state index is 12.8. The van der Waals surface area contributed by atoms with E-state index in [4.69, 9.17) is 11.6 Å². The predicted molar refractivity (Wildman–Crippen MR) is 103 cm³/mol. The standard InChI is InChI=1S/C17H27ClN4O3S/c1-20(2)8-4-7-19-17(23)15-13-14(5-6-16(15)18)26(24,25)22-11-9-21(3)10-12-22/h5-6,13H,4,7-12H2,1-3H3,(H,19,23). The lowest BCUT2D eigenvalue weighted by Crippen LogP contribution is -2.47. The summed E-state index contributed by atoms with van der Waals surface area (Å²) in [6.07, 6.45) is 0.801. The molecule has 0 unspecified atom stereocenters. The number of carbonyl (C=O) groups excluding carboxylic acids is 1. The summed E-state index contributed by atoms with van der Waals surface area (Å²) in [6, 6.07) is 4.30. The van der Waals surface area contributed by atoms with Crippen molar-refractivity contribution in [1.29, 1.82) is 0 Å². The number of sulfonamides is 1. The molecule has 0 bridgehead atoms. The summed E-state index contributed by atoms with van der Waals surface area (Å²) in [7, 11) is 2.26. The maximum absolute atomic E-state index is 12.8. The van der Waals surface area contributed by atoms with Gasteiger partial charge in [-0.1, -0.05) is 11.6 Å². The summed E-state index contributed by atoms with van der Waals surface area (Å²) in [5.74, 6) is -0.357. The minimum atomic E-state index is -3.63. The monoisotopic (exact) mass is 402 g/mol. The summed E-state index contributed by atoms with van der Waals surface area (Å²) in [4.78, 5) is 16.6. The van der Waals surface area contributed by atoms with E-state index in [2.05, 4.69) is 10.2 Å². The van der Waals surface area contributed by atoms with Gasteiger partial charge in [-0.3, -0.25) is 4.79 Å². The molecule has 1 aromatic rings. The number of rotatable bonds is 7. The van der Waals surface area contributed by atoms with Gasteiger partial charge >= 0.3 is 0 Å². The number of amides is 1. The van der Waals surface area contributed by atoms with Gasteiger partial charge in [-0.2, -0.15) is 4.31 Å². The van der Waals surface area contributed by atoms with E-state index >= 15 is 0 Å². The van der Waals surface area contributed by atoms with Crippen molar-refractivity contribution in [3.8, 4) is 0 Å². The van der Waals surface area contributed by atoms with Crippen molar-refractivity contribution >= 4 is 27.5 Å². The second-order valence-corrected chi connectivity index (χ2v) is 9.11. The Labute approximate surface area is 160 Å². The average Bonchev–Trinajstić information content (AvgIpc) is 2.59. The number of piperazine rings is 1. The van der Waals surface area contributed by atoms with Gasteiger partial charge in [0.2, 0.25) is 10.0 Å². The molecule has 0 aromatic heterocycles. The van der Waals surface area contributed by atoms with Crippen LogP contribution in [0.5, 0.6) is 0 Å². The van der Waals surface area contributed by atoms with Gasteiger partial charge < -0.3 is 15.1 Å². The van der Waals surface area contributed by atoms with Gasteiger partial charge in [0.1, 0.15) is 0 Å². The van der Waals surface area contributed by atoms with E-state index in [1.165, 1.54) is 22.5 Å². The number of benzene rings is 1.